The van der Waals surface area contributed by atoms with E-state index in [4.69, 9.17) is 5.73 Å². The molecule has 1 aromatic carbocycles. The first-order valence-corrected chi connectivity index (χ1v) is 7.97. The Labute approximate surface area is 127 Å². The maximum Gasteiger partial charge on any atom is 0.224 e. The van der Waals surface area contributed by atoms with Gasteiger partial charge in [-0.05, 0) is 62.9 Å². The molecular formula is C17H27N3O. The van der Waals surface area contributed by atoms with E-state index in [1.54, 1.807) is 0 Å². The summed E-state index contributed by atoms with van der Waals surface area (Å²) in [7, 11) is 0. The Bertz CT molecular complexity index is 483. The van der Waals surface area contributed by atoms with Crippen molar-refractivity contribution in [2.24, 2.45) is 5.92 Å². The summed E-state index contributed by atoms with van der Waals surface area (Å²) in [5.74, 6) is 0.986. The quantitative estimate of drug-likeness (QED) is 0.723. The number of nitrogens with one attached hydrogen (secondary N) is 1. The van der Waals surface area contributed by atoms with Gasteiger partial charge in [0.1, 0.15) is 0 Å². The highest BCUT2D eigenvalue weighted by Gasteiger charge is 2.23. The molecule has 0 saturated heterocycles. The second-order valence-electron chi connectivity index (χ2n) is 6.01. The van der Waals surface area contributed by atoms with E-state index in [1.165, 1.54) is 19.4 Å². The van der Waals surface area contributed by atoms with Gasteiger partial charge in [-0.2, -0.15) is 0 Å². The molecule has 0 atom stereocenters. The van der Waals surface area contributed by atoms with Crippen LogP contribution >= 0.6 is 0 Å². The standard InChI is InChI=1S/C17H27N3O/c1-3-20(12-14-9-10-14)11-5-8-17(21)19-16-7-4-6-15(18)13(16)2/h4,6-7,14H,3,5,8-12,18H2,1-2H3,(H,19,21). The molecule has 4 heteroatoms. The Kier molecular flexibility index (Phi) is 5.62. The van der Waals surface area contributed by atoms with Gasteiger partial charge in [0.15, 0.2) is 0 Å². The molecule has 0 spiro atoms. The van der Waals surface area contributed by atoms with Gasteiger partial charge in [0.25, 0.3) is 0 Å². The maximum atomic E-state index is 12.0. The van der Waals surface area contributed by atoms with Crippen molar-refractivity contribution in [1.29, 1.82) is 0 Å². The zero-order valence-electron chi connectivity index (χ0n) is 13.2. The molecule has 0 aliphatic heterocycles. The lowest BCUT2D eigenvalue weighted by molar-refractivity contribution is -0.116. The van der Waals surface area contributed by atoms with E-state index in [0.29, 0.717) is 6.42 Å². The molecule has 3 N–H and O–H groups in total. The normalized spacial score (nSPS) is 14.4. The van der Waals surface area contributed by atoms with Gasteiger partial charge in [-0.3, -0.25) is 4.79 Å². The lowest BCUT2D eigenvalue weighted by atomic mass is 10.1. The Morgan fingerprint density at radius 3 is 2.86 bits per heavy atom. The monoisotopic (exact) mass is 289 g/mol. The van der Waals surface area contributed by atoms with Gasteiger partial charge in [0.2, 0.25) is 5.91 Å². The molecule has 0 bridgehead atoms. The molecule has 1 fully saturated rings. The van der Waals surface area contributed by atoms with Crippen molar-refractivity contribution in [2.45, 2.75) is 39.5 Å². The molecule has 0 unspecified atom stereocenters. The number of benzene rings is 1. The zero-order valence-corrected chi connectivity index (χ0v) is 13.2. The van der Waals surface area contributed by atoms with Crippen LogP contribution in [0.1, 0.15) is 38.2 Å². The number of anilines is 2. The van der Waals surface area contributed by atoms with Crippen LogP contribution in [0.25, 0.3) is 0 Å². The number of hydrogen-bond acceptors (Lipinski definition) is 3. The smallest absolute Gasteiger partial charge is 0.224 e. The molecule has 1 aliphatic carbocycles. The van der Waals surface area contributed by atoms with Crippen LogP contribution in [-0.4, -0.2) is 30.4 Å². The van der Waals surface area contributed by atoms with Crippen LogP contribution in [0, 0.1) is 12.8 Å². The van der Waals surface area contributed by atoms with Crippen LogP contribution in [0.4, 0.5) is 11.4 Å². The lowest BCUT2D eigenvalue weighted by Crippen LogP contribution is -2.27. The highest BCUT2D eigenvalue weighted by Crippen LogP contribution is 2.29. The highest BCUT2D eigenvalue weighted by molar-refractivity contribution is 5.92. The first kappa shape index (κ1) is 15.8. The van der Waals surface area contributed by atoms with Crippen molar-refractivity contribution < 1.29 is 4.79 Å². The summed E-state index contributed by atoms with van der Waals surface area (Å²) < 4.78 is 0. The molecule has 21 heavy (non-hydrogen) atoms. The largest absolute Gasteiger partial charge is 0.398 e. The van der Waals surface area contributed by atoms with E-state index in [2.05, 4.69) is 17.1 Å². The molecule has 0 aromatic heterocycles. The predicted octanol–water partition coefficient (Wildman–Crippen LogP) is 3.03. The van der Waals surface area contributed by atoms with Gasteiger partial charge in [-0.1, -0.05) is 13.0 Å². The van der Waals surface area contributed by atoms with Gasteiger partial charge < -0.3 is 16.0 Å². The van der Waals surface area contributed by atoms with Crippen molar-refractivity contribution in [3.63, 3.8) is 0 Å². The number of nitrogens with two attached hydrogens (primary N) is 1. The second kappa shape index (κ2) is 7.46. The summed E-state index contributed by atoms with van der Waals surface area (Å²) >= 11 is 0. The molecule has 2 rings (SSSR count). The van der Waals surface area contributed by atoms with Crippen LogP contribution in [0.5, 0.6) is 0 Å². The molecule has 1 aromatic rings. The average Bonchev–Trinajstić information content (AvgIpc) is 3.27. The fraction of sp³-hybridized carbons (Fsp3) is 0.588. The summed E-state index contributed by atoms with van der Waals surface area (Å²) in [6, 6.07) is 5.61. The molecular weight excluding hydrogens is 262 g/mol. The highest BCUT2D eigenvalue weighted by atomic mass is 16.1. The minimum atomic E-state index is 0.0752. The van der Waals surface area contributed by atoms with E-state index >= 15 is 0 Å². The third kappa shape index (κ3) is 5.05. The van der Waals surface area contributed by atoms with Crippen LogP contribution in [0.15, 0.2) is 18.2 Å². The molecule has 116 valence electrons. The van der Waals surface area contributed by atoms with Gasteiger partial charge in [-0.15, -0.1) is 0 Å². The first-order chi connectivity index (χ1) is 10.1. The summed E-state index contributed by atoms with van der Waals surface area (Å²) in [5.41, 5.74) is 8.33. The maximum absolute atomic E-state index is 12.0. The van der Waals surface area contributed by atoms with Gasteiger partial charge in [0.05, 0.1) is 0 Å². The number of nitrogens with zero attached hydrogens (tertiary/aromatic N) is 1. The Morgan fingerprint density at radius 2 is 2.19 bits per heavy atom. The van der Waals surface area contributed by atoms with Gasteiger partial charge in [-0.25, -0.2) is 0 Å². The predicted molar refractivity (Wildman–Crippen MR) is 88.3 cm³/mol. The number of amides is 1. The second-order valence-corrected chi connectivity index (χ2v) is 6.01. The molecule has 0 heterocycles. The first-order valence-electron chi connectivity index (χ1n) is 7.97. The van der Waals surface area contributed by atoms with Gasteiger partial charge in [0, 0.05) is 24.3 Å². The van der Waals surface area contributed by atoms with Crippen molar-refractivity contribution in [2.75, 3.05) is 30.7 Å². The topological polar surface area (TPSA) is 58.4 Å². The summed E-state index contributed by atoms with van der Waals surface area (Å²) in [6.45, 7) is 7.41. The fourth-order valence-corrected chi connectivity index (χ4v) is 2.51. The molecule has 1 amide bonds. The minimum Gasteiger partial charge on any atom is -0.398 e. The SMILES string of the molecule is CCN(CCCC(=O)Nc1cccc(N)c1C)CC1CC1. The summed E-state index contributed by atoms with van der Waals surface area (Å²) in [5, 5.41) is 2.96. The molecule has 4 nitrogen and oxygen atoms in total. The van der Waals surface area contributed by atoms with Crippen LogP contribution < -0.4 is 11.1 Å². The van der Waals surface area contributed by atoms with Crippen LogP contribution in [-0.2, 0) is 4.79 Å². The summed E-state index contributed by atoms with van der Waals surface area (Å²) in [4.78, 5) is 14.5. The third-order valence-corrected chi connectivity index (χ3v) is 4.19. The Balaban J connectivity index is 1.72. The number of rotatable bonds is 8. The van der Waals surface area contributed by atoms with Crippen molar-refractivity contribution in [3.05, 3.63) is 23.8 Å². The van der Waals surface area contributed by atoms with Gasteiger partial charge >= 0.3 is 0 Å². The van der Waals surface area contributed by atoms with Crippen molar-refractivity contribution in [3.8, 4) is 0 Å². The summed E-state index contributed by atoms with van der Waals surface area (Å²) in [6.07, 6.45) is 4.24. The number of carbonyl (C=O) groups excluding carboxylic acids is 1. The van der Waals surface area contributed by atoms with E-state index in [-0.39, 0.29) is 5.91 Å². The Hall–Kier alpha value is -1.55. The van der Waals surface area contributed by atoms with Crippen LogP contribution in [0.3, 0.4) is 0 Å². The van der Waals surface area contributed by atoms with E-state index in [1.807, 2.05) is 25.1 Å². The number of hydrogen-bond donors (Lipinski definition) is 2. The lowest BCUT2D eigenvalue weighted by Gasteiger charge is -2.19. The minimum absolute atomic E-state index is 0.0752. The zero-order chi connectivity index (χ0) is 15.2. The number of carbonyl (C=O) groups is 1. The Morgan fingerprint density at radius 1 is 1.43 bits per heavy atom. The molecule has 0 radical (unpaired) electrons. The van der Waals surface area contributed by atoms with E-state index < -0.39 is 0 Å². The third-order valence-electron chi connectivity index (χ3n) is 4.19. The fourth-order valence-electron chi connectivity index (χ4n) is 2.51. The average molecular weight is 289 g/mol. The number of nitrogen functional groups attached to an aromatic ring is 1. The van der Waals surface area contributed by atoms with E-state index in [9.17, 15) is 4.79 Å². The van der Waals surface area contributed by atoms with Crippen LogP contribution in [0.2, 0.25) is 0 Å². The van der Waals surface area contributed by atoms with Crippen molar-refractivity contribution >= 4 is 17.3 Å². The van der Waals surface area contributed by atoms with E-state index in [0.717, 1.165) is 42.4 Å². The molecule has 1 aliphatic rings. The van der Waals surface area contributed by atoms with Crippen molar-refractivity contribution in [1.82, 2.24) is 4.90 Å². The molecule has 1 saturated carbocycles.